The summed E-state index contributed by atoms with van der Waals surface area (Å²) in [6.45, 7) is 1.40. The first-order chi connectivity index (χ1) is 10.9. The number of hydrogen-bond donors (Lipinski definition) is 2. The van der Waals surface area contributed by atoms with Gasteiger partial charge in [0.1, 0.15) is 17.6 Å². The van der Waals surface area contributed by atoms with E-state index < -0.39 is 23.0 Å². The molecule has 3 fully saturated rings. The number of amides is 4. The van der Waals surface area contributed by atoms with Crippen molar-refractivity contribution in [1.29, 1.82) is 5.26 Å². The van der Waals surface area contributed by atoms with Gasteiger partial charge in [0.2, 0.25) is 5.91 Å². The number of imide groups is 1. The summed E-state index contributed by atoms with van der Waals surface area (Å²) >= 11 is 0. The van der Waals surface area contributed by atoms with Crippen LogP contribution in [0.2, 0.25) is 0 Å². The zero-order valence-corrected chi connectivity index (χ0v) is 13.4. The molecule has 2 aliphatic carbocycles. The summed E-state index contributed by atoms with van der Waals surface area (Å²) in [5.74, 6) is -0.623. The molecule has 7 nitrogen and oxygen atoms in total. The van der Waals surface area contributed by atoms with Gasteiger partial charge in [-0.3, -0.25) is 14.5 Å². The summed E-state index contributed by atoms with van der Waals surface area (Å²) in [5.41, 5.74) is -1.73. The number of urea groups is 1. The minimum absolute atomic E-state index is 0.163. The molecule has 3 rings (SSSR count). The third kappa shape index (κ3) is 2.78. The molecular formula is C16H22N4O3. The van der Waals surface area contributed by atoms with Crippen LogP contribution in [0.1, 0.15) is 51.9 Å². The van der Waals surface area contributed by atoms with E-state index in [1.54, 1.807) is 6.92 Å². The largest absolute Gasteiger partial charge is 0.336 e. The third-order valence-corrected chi connectivity index (χ3v) is 5.30. The van der Waals surface area contributed by atoms with Crippen LogP contribution < -0.4 is 10.6 Å². The van der Waals surface area contributed by atoms with E-state index in [-0.39, 0.29) is 18.4 Å². The Balaban J connectivity index is 1.65. The average Bonchev–Trinajstić information content (AvgIpc) is 3.35. The number of nitriles is 1. The molecule has 0 aromatic carbocycles. The van der Waals surface area contributed by atoms with Crippen LogP contribution in [0.5, 0.6) is 0 Å². The number of nitrogens with one attached hydrogen (secondary N) is 2. The zero-order valence-electron chi connectivity index (χ0n) is 13.4. The van der Waals surface area contributed by atoms with Gasteiger partial charge in [0, 0.05) is 0 Å². The topological polar surface area (TPSA) is 102 Å². The van der Waals surface area contributed by atoms with Crippen molar-refractivity contribution >= 4 is 17.8 Å². The molecule has 23 heavy (non-hydrogen) atoms. The molecule has 1 atom stereocenters. The van der Waals surface area contributed by atoms with Gasteiger partial charge in [-0.05, 0) is 38.5 Å². The Morgan fingerprint density at radius 1 is 1.35 bits per heavy atom. The molecule has 1 heterocycles. The highest BCUT2D eigenvalue weighted by molar-refractivity contribution is 6.09. The molecule has 2 saturated carbocycles. The number of carbonyl (C=O) groups excluding carboxylic acids is 3. The van der Waals surface area contributed by atoms with Crippen LogP contribution in [0.4, 0.5) is 4.79 Å². The van der Waals surface area contributed by atoms with Gasteiger partial charge >= 0.3 is 6.03 Å². The van der Waals surface area contributed by atoms with E-state index in [1.165, 1.54) is 0 Å². The van der Waals surface area contributed by atoms with Gasteiger partial charge in [-0.2, -0.15) is 5.26 Å². The summed E-state index contributed by atoms with van der Waals surface area (Å²) in [5, 5.41) is 14.9. The normalized spacial score (nSPS) is 29.8. The molecule has 0 bridgehead atoms. The van der Waals surface area contributed by atoms with E-state index in [9.17, 15) is 19.6 Å². The van der Waals surface area contributed by atoms with Crippen LogP contribution in [-0.2, 0) is 9.59 Å². The molecular weight excluding hydrogens is 296 g/mol. The molecule has 1 aliphatic heterocycles. The van der Waals surface area contributed by atoms with Gasteiger partial charge < -0.3 is 10.6 Å². The maximum atomic E-state index is 12.5. The molecule has 1 saturated heterocycles. The van der Waals surface area contributed by atoms with Crippen molar-refractivity contribution in [2.24, 2.45) is 5.92 Å². The van der Waals surface area contributed by atoms with Gasteiger partial charge in [0.25, 0.3) is 5.91 Å². The van der Waals surface area contributed by atoms with Crippen molar-refractivity contribution in [3.05, 3.63) is 0 Å². The summed E-state index contributed by atoms with van der Waals surface area (Å²) in [7, 11) is 0. The van der Waals surface area contributed by atoms with Crippen molar-refractivity contribution in [2.75, 3.05) is 6.54 Å². The first kappa shape index (κ1) is 15.8. The fourth-order valence-corrected chi connectivity index (χ4v) is 3.67. The minimum atomic E-state index is -0.880. The van der Waals surface area contributed by atoms with E-state index in [2.05, 4.69) is 16.7 Å². The average molecular weight is 318 g/mol. The van der Waals surface area contributed by atoms with Gasteiger partial charge in [0.05, 0.1) is 6.07 Å². The van der Waals surface area contributed by atoms with Crippen LogP contribution in [0.15, 0.2) is 0 Å². The highest BCUT2D eigenvalue weighted by Crippen LogP contribution is 2.42. The van der Waals surface area contributed by atoms with Crippen molar-refractivity contribution in [2.45, 2.75) is 62.9 Å². The van der Waals surface area contributed by atoms with E-state index in [4.69, 9.17) is 0 Å². The summed E-state index contributed by atoms with van der Waals surface area (Å²) < 4.78 is 0. The predicted molar refractivity (Wildman–Crippen MR) is 80.9 cm³/mol. The zero-order chi connectivity index (χ0) is 16.7. The van der Waals surface area contributed by atoms with E-state index in [1.807, 2.05) is 0 Å². The Labute approximate surface area is 135 Å². The maximum Gasteiger partial charge on any atom is 0.325 e. The molecule has 7 heteroatoms. The quantitative estimate of drug-likeness (QED) is 0.756. The van der Waals surface area contributed by atoms with Gasteiger partial charge in [-0.25, -0.2) is 4.79 Å². The highest BCUT2D eigenvalue weighted by Gasteiger charge is 2.56. The van der Waals surface area contributed by atoms with Crippen LogP contribution in [-0.4, -0.2) is 40.4 Å². The number of hydrogen-bond acceptors (Lipinski definition) is 4. The number of nitrogens with zero attached hydrogens (tertiary/aromatic N) is 2. The summed E-state index contributed by atoms with van der Waals surface area (Å²) in [6, 6.07) is 1.68. The third-order valence-electron chi connectivity index (χ3n) is 5.30. The second-order valence-electron chi connectivity index (χ2n) is 7.10. The van der Waals surface area contributed by atoms with Crippen LogP contribution in [0.25, 0.3) is 0 Å². The molecule has 124 valence electrons. The molecule has 0 radical (unpaired) electrons. The second-order valence-corrected chi connectivity index (χ2v) is 7.10. The molecule has 0 spiro atoms. The van der Waals surface area contributed by atoms with Crippen molar-refractivity contribution in [3.8, 4) is 6.07 Å². The lowest BCUT2D eigenvalue weighted by molar-refractivity contribution is -0.135. The highest BCUT2D eigenvalue weighted by atomic mass is 16.2. The lowest BCUT2D eigenvalue weighted by Gasteiger charge is -2.32. The minimum Gasteiger partial charge on any atom is -0.336 e. The lowest BCUT2D eigenvalue weighted by atomic mass is 9.83. The van der Waals surface area contributed by atoms with Crippen molar-refractivity contribution in [3.63, 3.8) is 0 Å². The summed E-state index contributed by atoms with van der Waals surface area (Å²) in [6.07, 6.45) is 5.93. The SMILES string of the molecule is C[C@]1(C2CC2)NC(=O)N(CC(=O)NC2(C#N)CCCCC2)C1=O. The Kier molecular flexibility index (Phi) is 3.78. The Morgan fingerprint density at radius 2 is 2.00 bits per heavy atom. The van der Waals surface area contributed by atoms with Crippen LogP contribution in [0, 0.1) is 17.2 Å². The Bertz CT molecular complexity index is 587. The Hall–Kier alpha value is -2.10. The number of rotatable bonds is 4. The Morgan fingerprint density at radius 3 is 2.57 bits per heavy atom. The lowest BCUT2D eigenvalue weighted by Crippen LogP contribution is -2.52. The second kappa shape index (κ2) is 5.52. The van der Waals surface area contributed by atoms with Crippen molar-refractivity contribution < 1.29 is 14.4 Å². The predicted octanol–water partition coefficient (Wildman–Crippen LogP) is 1.05. The fraction of sp³-hybridized carbons (Fsp3) is 0.750. The molecule has 0 aromatic heterocycles. The maximum absolute atomic E-state index is 12.5. The smallest absolute Gasteiger partial charge is 0.325 e. The van der Waals surface area contributed by atoms with E-state index in [0.717, 1.165) is 37.0 Å². The molecule has 4 amide bonds. The van der Waals surface area contributed by atoms with Crippen LogP contribution >= 0.6 is 0 Å². The molecule has 3 aliphatic rings. The van der Waals surface area contributed by atoms with Gasteiger partial charge in [0.15, 0.2) is 0 Å². The number of carbonyl (C=O) groups is 3. The first-order valence-corrected chi connectivity index (χ1v) is 8.27. The summed E-state index contributed by atoms with van der Waals surface area (Å²) in [4.78, 5) is 37.8. The standard InChI is InChI=1S/C16H22N4O3/c1-15(11-5-6-11)13(22)20(14(23)19-15)9-12(21)18-16(10-17)7-3-2-4-8-16/h11H,2-9H2,1H3,(H,18,21)(H,19,23)/t15-/m1/s1. The fourth-order valence-electron chi connectivity index (χ4n) is 3.67. The van der Waals surface area contributed by atoms with Crippen LogP contribution in [0.3, 0.4) is 0 Å². The van der Waals surface area contributed by atoms with Gasteiger partial charge in [-0.1, -0.05) is 19.3 Å². The first-order valence-electron chi connectivity index (χ1n) is 8.27. The monoisotopic (exact) mass is 318 g/mol. The van der Waals surface area contributed by atoms with Crippen molar-refractivity contribution in [1.82, 2.24) is 15.5 Å². The van der Waals surface area contributed by atoms with E-state index in [0.29, 0.717) is 12.8 Å². The molecule has 0 aromatic rings. The van der Waals surface area contributed by atoms with Gasteiger partial charge in [-0.15, -0.1) is 0 Å². The molecule has 2 N–H and O–H groups in total. The van der Waals surface area contributed by atoms with E-state index >= 15 is 0 Å². The molecule has 0 unspecified atom stereocenters.